The van der Waals surface area contributed by atoms with E-state index < -0.39 is 11.6 Å². The van der Waals surface area contributed by atoms with Crippen molar-refractivity contribution in [1.82, 2.24) is 15.5 Å². The molecule has 0 aliphatic heterocycles. The van der Waals surface area contributed by atoms with E-state index in [9.17, 15) is 8.78 Å². The third-order valence-corrected chi connectivity index (χ3v) is 3.90. The molecule has 108 valence electrons. The molecule has 0 aliphatic carbocycles. The fraction of sp³-hybridized carbons (Fsp3) is 0.385. The number of benzene rings is 1. The van der Waals surface area contributed by atoms with E-state index in [1.54, 1.807) is 0 Å². The van der Waals surface area contributed by atoms with Gasteiger partial charge in [0.05, 0.1) is 10.6 Å². The number of hydrogen-bond donors (Lipinski definition) is 1. The van der Waals surface area contributed by atoms with Gasteiger partial charge >= 0.3 is 0 Å². The van der Waals surface area contributed by atoms with E-state index >= 15 is 0 Å². The summed E-state index contributed by atoms with van der Waals surface area (Å²) in [6.07, 6.45) is 0.702. The second-order valence-corrected chi connectivity index (χ2v) is 6.08. The van der Waals surface area contributed by atoms with Crippen molar-refractivity contribution in [2.75, 3.05) is 6.54 Å². The SMILES string of the molecule is CC(C)NCCc1nnc(-c2cc(F)c(Cl)cc2F)s1. The number of aromatic nitrogens is 2. The van der Waals surface area contributed by atoms with Crippen LogP contribution in [-0.4, -0.2) is 22.8 Å². The number of nitrogens with zero attached hydrogens (tertiary/aromatic N) is 2. The van der Waals surface area contributed by atoms with Crippen LogP contribution in [0, 0.1) is 11.6 Å². The maximum atomic E-state index is 13.8. The van der Waals surface area contributed by atoms with Gasteiger partial charge in [0.15, 0.2) is 5.01 Å². The molecule has 0 saturated heterocycles. The van der Waals surface area contributed by atoms with Gasteiger partial charge in [0.2, 0.25) is 0 Å². The molecule has 0 bridgehead atoms. The highest BCUT2D eigenvalue weighted by atomic mass is 35.5. The molecule has 0 unspecified atom stereocenters. The summed E-state index contributed by atoms with van der Waals surface area (Å²) in [5, 5.41) is 12.1. The molecule has 0 saturated carbocycles. The van der Waals surface area contributed by atoms with Crippen molar-refractivity contribution in [2.24, 2.45) is 0 Å². The Hall–Kier alpha value is -1.11. The molecule has 2 aromatic rings. The summed E-state index contributed by atoms with van der Waals surface area (Å²) in [6.45, 7) is 4.87. The molecule has 1 heterocycles. The first-order chi connectivity index (χ1) is 9.47. The molecule has 7 heteroatoms. The molecule has 0 aliphatic rings. The summed E-state index contributed by atoms with van der Waals surface area (Å²) < 4.78 is 27.1. The zero-order valence-corrected chi connectivity index (χ0v) is 12.7. The van der Waals surface area contributed by atoms with Crippen LogP contribution in [0.1, 0.15) is 18.9 Å². The quantitative estimate of drug-likeness (QED) is 0.855. The Kier molecular flexibility index (Phi) is 5.01. The van der Waals surface area contributed by atoms with Gasteiger partial charge in [-0.3, -0.25) is 0 Å². The van der Waals surface area contributed by atoms with Gasteiger partial charge in [0.1, 0.15) is 16.6 Å². The summed E-state index contributed by atoms with van der Waals surface area (Å²) in [4.78, 5) is 0. The van der Waals surface area contributed by atoms with E-state index in [2.05, 4.69) is 29.4 Å². The highest BCUT2D eigenvalue weighted by Gasteiger charge is 2.14. The van der Waals surface area contributed by atoms with Gasteiger partial charge in [-0.15, -0.1) is 10.2 Å². The molecule has 0 radical (unpaired) electrons. The Morgan fingerprint density at radius 2 is 2.00 bits per heavy atom. The lowest BCUT2D eigenvalue weighted by Crippen LogP contribution is -2.24. The summed E-state index contributed by atoms with van der Waals surface area (Å²) >= 11 is 6.78. The zero-order chi connectivity index (χ0) is 14.7. The molecule has 20 heavy (non-hydrogen) atoms. The van der Waals surface area contributed by atoms with E-state index in [0.29, 0.717) is 17.5 Å². The Morgan fingerprint density at radius 1 is 1.25 bits per heavy atom. The zero-order valence-electron chi connectivity index (χ0n) is 11.1. The van der Waals surface area contributed by atoms with Crippen molar-refractivity contribution in [3.63, 3.8) is 0 Å². The lowest BCUT2D eigenvalue weighted by atomic mass is 10.2. The first-order valence-corrected chi connectivity index (χ1v) is 7.37. The summed E-state index contributed by atoms with van der Waals surface area (Å²) in [5.74, 6) is -1.26. The lowest BCUT2D eigenvalue weighted by molar-refractivity contribution is 0.588. The van der Waals surface area contributed by atoms with Crippen LogP contribution in [-0.2, 0) is 6.42 Å². The second-order valence-electron chi connectivity index (χ2n) is 4.61. The second kappa shape index (κ2) is 6.56. The average Bonchev–Trinajstić information content (AvgIpc) is 2.82. The summed E-state index contributed by atoms with van der Waals surface area (Å²) in [6, 6.07) is 2.40. The van der Waals surface area contributed by atoms with Crippen molar-refractivity contribution in [3.05, 3.63) is 33.8 Å². The van der Waals surface area contributed by atoms with Gasteiger partial charge in [-0.25, -0.2) is 8.78 Å². The van der Waals surface area contributed by atoms with Crippen LogP contribution in [0.25, 0.3) is 10.6 Å². The molecule has 2 rings (SSSR count). The molecule has 0 amide bonds. The fourth-order valence-electron chi connectivity index (χ4n) is 1.62. The van der Waals surface area contributed by atoms with Crippen LogP contribution < -0.4 is 5.32 Å². The van der Waals surface area contributed by atoms with E-state index in [0.717, 1.165) is 23.7 Å². The first-order valence-electron chi connectivity index (χ1n) is 6.18. The smallest absolute Gasteiger partial charge is 0.150 e. The monoisotopic (exact) mass is 317 g/mol. The van der Waals surface area contributed by atoms with Crippen molar-refractivity contribution >= 4 is 22.9 Å². The average molecular weight is 318 g/mol. The van der Waals surface area contributed by atoms with Crippen LogP contribution in [0.3, 0.4) is 0 Å². The highest BCUT2D eigenvalue weighted by molar-refractivity contribution is 7.14. The number of halogens is 3. The van der Waals surface area contributed by atoms with Crippen LogP contribution in [0.5, 0.6) is 0 Å². The molecule has 1 aromatic heterocycles. The normalized spacial score (nSPS) is 11.3. The van der Waals surface area contributed by atoms with Crippen molar-refractivity contribution < 1.29 is 8.78 Å². The molecule has 0 spiro atoms. The van der Waals surface area contributed by atoms with Gasteiger partial charge < -0.3 is 5.32 Å². The van der Waals surface area contributed by atoms with Crippen LogP contribution in [0.2, 0.25) is 5.02 Å². The Balaban J connectivity index is 2.14. The van der Waals surface area contributed by atoms with E-state index in [-0.39, 0.29) is 10.6 Å². The predicted octanol–water partition coefficient (Wildman–Crippen LogP) is 3.68. The van der Waals surface area contributed by atoms with E-state index in [1.165, 1.54) is 11.3 Å². The Labute approximate surface area is 125 Å². The predicted molar refractivity (Wildman–Crippen MR) is 77.1 cm³/mol. The van der Waals surface area contributed by atoms with Crippen LogP contribution in [0.4, 0.5) is 8.78 Å². The van der Waals surface area contributed by atoms with Gasteiger partial charge in [-0.05, 0) is 12.1 Å². The molecular formula is C13H14ClF2N3S. The minimum absolute atomic E-state index is 0.0902. The number of rotatable bonds is 5. The molecule has 1 N–H and O–H groups in total. The van der Waals surface area contributed by atoms with Crippen molar-refractivity contribution in [3.8, 4) is 10.6 Å². The third kappa shape index (κ3) is 3.71. The lowest BCUT2D eigenvalue weighted by Gasteiger charge is -2.05. The highest BCUT2D eigenvalue weighted by Crippen LogP contribution is 2.29. The molecular weight excluding hydrogens is 304 g/mol. The Bertz CT molecular complexity index is 601. The van der Waals surface area contributed by atoms with Crippen LogP contribution >= 0.6 is 22.9 Å². The third-order valence-electron chi connectivity index (χ3n) is 2.60. The van der Waals surface area contributed by atoms with Crippen LogP contribution in [0.15, 0.2) is 12.1 Å². The van der Waals surface area contributed by atoms with Gasteiger partial charge in [-0.1, -0.05) is 36.8 Å². The van der Waals surface area contributed by atoms with Gasteiger partial charge in [-0.2, -0.15) is 0 Å². The first kappa shape index (κ1) is 15.3. The number of nitrogens with one attached hydrogen (secondary N) is 1. The topological polar surface area (TPSA) is 37.8 Å². The largest absolute Gasteiger partial charge is 0.314 e. The maximum absolute atomic E-state index is 13.8. The fourth-order valence-corrected chi connectivity index (χ4v) is 2.63. The number of hydrogen-bond acceptors (Lipinski definition) is 4. The molecule has 0 fully saturated rings. The molecule has 3 nitrogen and oxygen atoms in total. The summed E-state index contributed by atoms with van der Waals surface area (Å²) in [5.41, 5.74) is 0.0902. The molecule has 1 aromatic carbocycles. The van der Waals surface area contributed by atoms with Crippen molar-refractivity contribution in [1.29, 1.82) is 0 Å². The van der Waals surface area contributed by atoms with Gasteiger partial charge in [0, 0.05) is 19.0 Å². The maximum Gasteiger partial charge on any atom is 0.150 e. The van der Waals surface area contributed by atoms with Crippen molar-refractivity contribution in [2.45, 2.75) is 26.3 Å². The molecule has 0 atom stereocenters. The minimum atomic E-state index is -0.665. The minimum Gasteiger partial charge on any atom is -0.314 e. The van der Waals surface area contributed by atoms with E-state index in [4.69, 9.17) is 11.6 Å². The van der Waals surface area contributed by atoms with Gasteiger partial charge in [0.25, 0.3) is 0 Å². The Morgan fingerprint density at radius 3 is 2.70 bits per heavy atom. The van der Waals surface area contributed by atoms with E-state index in [1.807, 2.05) is 0 Å². The standard InChI is InChI=1S/C13H14ClF2N3S/c1-7(2)17-4-3-12-18-19-13(20-12)8-5-11(16)9(14)6-10(8)15/h5-7,17H,3-4H2,1-2H3. The summed E-state index contributed by atoms with van der Waals surface area (Å²) in [7, 11) is 0.